The van der Waals surface area contributed by atoms with Crippen LogP contribution in [0.3, 0.4) is 0 Å². The first-order valence-electron chi connectivity index (χ1n) is 8.82. The Labute approximate surface area is 174 Å². The molecule has 1 aliphatic heterocycles. The Balaban J connectivity index is 1.62. The van der Waals surface area contributed by atoms with E-state index in [4.69, 9.17) is 16.7 Å². The van der Waals surface area contributed by atoms with Gasteiger partial charge in [0, 0.05) is 25.3 Å². The molecule has 3 aromatic rings. The number of imidazole rings is 1. The van der Waals surface area contributed by atoms with Gasteiger partial charge in [0.1, 0.15) is 10.8 Å². The molecule has 0 spiro atoms. The lowest BCUT2D eigenvalue weighted by molar-refractivity contribution is -0.137. The first-order chi connectivity index (χ1) is 13.8. The first kappa shape index (κ1) is 20.1. The van der Waals surface area contributed by atoms with Gasteiger partial charge in [-0.25, -0.2) is 18.2 Å². The molecular weight excluding hydrogens is 440 g/mol. The van der Waals surface area contributed by atoms with Gasteiger partial charge in [-0.1, -0.05) is 11.6 Å². The maximum absolute atomic E-state index is 12.9. The first-order valence-corrected chi connectivity index (χ1v) is 11.5. The van der Waals surface area contributed by atoms with Crippen LogP contribution in [0, 0.1) is 0 Å². The number of aromatic nitrogens is 3. The van der Waals surface area contributed by atoms with Gasteiger partial charge in [0.05, 0.1) is 9.85 Å². The summed E-state index contributed by atoms with van der Waals surface area (Å²) in [6, 6.07) is 6.07. The molecule has 4 rings (SSSR count). The summed E-state index contributed by atoms with van der Waals surface area (Å²) in [6.45, 7) is 0.0289. The number of hydrogen-bond acceptors (Lipinski definition) is 6. The number of carboxylic acids is 1. The van der Waals surface area contributed by atoms with E-state index in [1.165, 1.54) is 19.5 Å². The molecule has 29 heavy (non-hydrogen) atoms. The molecule has 0 aromatic carbocycles. The largest absolute Gasteiger partial charge is 0.480 e. The molecule has 1 N–H and O–H groups in total. The third-order valence-corrected chi connectivity index (χ3v) is 8.54. The number of piperidine rings is 1. The van der Waals surface area contributed by atoms with Crippen molar-refractivity contribution in [1.82, 2.24) is 18.4 Å². The van der Waals surface area contributed by atoms with Crippen molar-refractivity contribution in [1.29, 1.82) is 0 Å². The number of rotatable bonds is 5. The van der Waals surface area contributed by atoms with E-state index in [1.54, 1.807) is 24.4 Å². The fourth-order valence-corrected chi connectivity index (χ4v) is 6.74. The van der Waals surface area contributed by atoms with Crippen molar-refractivity contribution >= 4 is 50.1 Å². The van der Waals surface area contributed by atoms with Gasteiger partial charge in [-0.15, -0.1) is 11.3 Å². The van der Waals surface area contributed by atoms with Crippen molar-refractivity contribution < 1.29 is 18.3 Å². The quantitative estimate of drug-likeness (QED) is 0.628. The molecule has 0 radical (unpaired) electrons. The number of pyridine rings is 1. The molecule has 1 aliphatic rings. The van der Waals surface area contributed by atoms with Gasteiger partial charge >= 0.3 is 11.7 Å². The van der Waals surface area contributed by atoms with Crippen molar-refractivity contribution in [2.24, 2.45) is 0 Å². The highest BCUT2D eigenvalue weighted by molar-refractivity contribution is 7.91. The molecule has 4 heterocycles. The second-order valence-electron chi connectivity index (χ2n) is 6.67. The van der Waals surface area contributed by atoms with Gasteiger partial charge in [0.2, 0.25) is 0 Å². The van der Waals surface area contributed by atoms with Crippen LogP contribution in [0.25, 0.3) is 11.2 Å². The van der Waals surface area contributed by atoms with Crippen LogP contribution < -0.4 is 5.69 Å². The summed E-state index contributed by atoms with van der Waals surface area (Å²) in [5.41, 5.74) is 0.403. The van der Waals surface area contributed by atoms with Crippen LogP contribution in [0.15, 0.2) is 39.5 Å². The molecule has 154 valence electrons. The van der Waals surface area contributed by atoms with Crippen LogP contribution in [0.5, 0.6) is 0 Å². The molecule has 0 amide bonds. The highest BCUT2D eigenvalue weighted by Gasteiger charge is 2.33. The van der Waals surface area contributed by atoms with Gasteiger partial charge in [-0.3, -0.25) is 13.9 Å². The molecule has 3 aromatic heterocycles. The molecular formula is C17H17ClN4O5S2. The third kappa shape index (κ3) is 3.59. The third-order valence-electron chi connectivity index (χ3n) is 4.95. The van der Waals surface area contributed by atoms with Crippen LogP contribution in [0.2, 0.25) is 4.34 Å². The van der Waals surface area contributed by atoms with Gasteiger partial charge < -0.3 is 5.11 Å². The molecule has 9 nitrogen and oxygen atoms in total. The minimum Gasteiger partial charge on any atom is -0.480 e. The highest BCUT2D eigenvalue weighted by Crippen LogP contribution is 2.32. The number of fused-ring (bicyclic) bond motifs is 1. The van der Waals surface area contributed by atoms with E-state index in [0.29, 0.717) is 28.3 Å². The summed E-state index contributed by atoms with van der Waals surface area (Å²) in [7, 11) is -3.63. The van der Waals surface area contributed by atoms with Crippen molar-refractivity contribution in [2.45, 2.75) is 29.6 Å². The van der Waals surface area contributed by atoms with Crippen LogP contribution in [-0.2, 0) is 21.4 Å². The van der Waals surface area contributed by atoms with Crippen molar-refractivity contribution in [3.8, 4) is 0 Å². The highest BCUT2D eigenvalue weighted by atomic mass is 35.5. The van der Waals surface area contributed by atoms with Crippen LogP contribution >= 0.6 is 22.9 Å². The number of nitrogens with zero attached hydrogens (tertiary/aromatic N) is 4. The Morgan fingerprint density at radius 2 is 2.00 bits per heavy atom. The second-order valence-corrected chi connectivity index (χ2v) is 10.6. The van der Waals surface area contributed by atoms with Crippen LogP contribution in [0.4, 0.5) is 0 Å². The fourth-order valence-electron chi connectivity index (χ4n) is 3.63. The van der Waals surface area contributed by atoms with Crippen molar-refractivity contribution in [3.63, 3.8) is 0 Å². The Morgan fingerprint density at radius 1 is 1.28 bits per heavy atom. The smallest absolute Gasteiger partial charge is 0.331 e. The monoisotopic (exact) mass is 456 g/mol. The summed E-state index contributed by atoms with van der Waals surface area (Å²) in [6.07, 6.45) is 2.38. The summed E-state index contributed by atoms with van der Waals surface area (Å²) < 4.78 is 30.2. The average Bonchev–Trinajstić information content (AvgIpc) is 3.24. The fraction of sp³-hybridized carbons (Fsp3) is 0.353. The van der Waals surface area contributed by atoms with Crippen LogP contribution in [-0.4, -0.2) is 51.0 Å². The number of halogens is 1. The standard InChI is InChI=1S/C17H17ClN4O5S2/c18-13-3-4-15(28-13)29(26,27)20-8-5-11(6-9-20)22-16-12(2-1-7-19-16)21(17(22)25)10-14(23)24/h1-4,7,11H,5-6,8-10H2,(H,23,24). The van der Waals surface area contributed by atoms with E-state index in [9.17, 15) is 18.0 Å². The Bertz CT molecular complexity index is 1240. The van der Waals surface area contributed by atoms with Gasteiger partial charge in [0.15, 0.2) is 5.65 Å². The normalized spacial score (nSPS) is 16.4. The topological polar surface area (TPSA) is 114 Å². The zero-order chi connectivity index (χ0) is 20.8. The average molecular weight is 457 g/mol. The number of carboxylic acid groups (broad SMARTS) is 1. The molecule has 0 atom stereocenters. The van der Waals surface area contributed by atoms with Gasteiger partial charge in [-0.05, 0) is 37.1 Å². The lowest BCUT2D eigenvalue weighted by Crippen LogP contribution is -2.41. The zero-order valence-electron chi connectivity index (χ0n) is 15.1. The molecule has 0 aliphatic carbocycles. The maximum atomic E-state index is 12.9. The Kier molecular flexibility index (Phi) is 5.23. The predicted molar refractivity (Wildman–Crippen MR) is 108 cm³/mol. The van der Waals surface area contributed by atoms with Gasteiger partial charge in [-0.2, -0.15) is 4.31 Å². The molecule has 0 saturated carbocycles. The maximum Gasteiger partial charge on any atom is 0.331 e. The SMILES string of the molecule is O=C(O)Cn1c(=O)n(C2CCN(S(=O)(=O)c3ccc(Cl)s3)CC2)c2ncccc21. The molecule has 1 saturated heterocycles. The number of hydrogen-bond donors (Lipinski definition) is 1. The number of carbonyl (C=O) groups is 1. The van der Waals surface area contributed by atoms with Crippen molar-refractivity contribution in [2.75, 3.05) is 13.1 Å². The predicted octanol–water partition coefficient (Wildman–Crippen LogP) is 2.02. The number of sulfonamides is 1. The van der Waals surface area contributed by atoms with E-state index in [0.717, 1.165) is 11.3 Å². The lowest BCUT2D eigenvalue weighted by atomic mass is 10.1. The van der Waals surface area contributed by atoms with E-state index < -0.39 is 28.2 Å². The Morgan fingerprint density at radius 3 is 2.62 bits per heavy atom. The van der Waals surface area contributed by atoms with Gasteiger partial charge in [0.25, 0.3) is 10.0 Å². The molecule has 1 fully saturated rings. The van der Waals surface area contributed by atoms with E-state index in [1.807, 2.05) is 0 Å². The lowest BCUT2D eigenvalue weighted by Gasteiger charge is -2.31. The molecule has 0 unspecified atom stereocenters. The minimum atomic E-state index is -3.63. The Hall–Kier alpha value is -2.21. The zero-order valence-corrected chi connectivity index (χ0v) is 17.5. The second kappa shape index (κ2) is 7.56. The summed E-state index contributed by atoms with van der Waals surface area (Å²) in [5.74, 6) is -1.12. The van der Waals surface area contributed by atoms with E-state index in [2.05, 4.69) is 4.98 Å². The van der Waals surface area contributed by atoms with Crippen LogP contribution in [0.1, 0.15) is 18.9 Å². The van der Waals surface area contributed by atoms with Crippen molar-refractivity contribution in [3.05, 3.63) is 45.3 Å². The number of thiophene rings is 1. The van der Waals surface area contributed by atoms with E-state index >= 15 is 0 Å². The molecule has 0 bridgehead atoms. The summed E-state index contributed by atoms with van der Waals surface area (Å²) in [5, 5.41) is 9.13. The number of aliphatic carboxylic acids is 1. The minimum absolute atomic E-state index is 0.192. The molecule has 12 heteroatoms. The summed E-state index contributed by atoms with van der Waals surface area (Å²) >= 11 is 6.88. The summed E-state index contributed by atoms with van der Waals surface area (Å²) in [4.78, 5) is 28.3. The van der Waals surface area contributed by atoms with E-state index in [-0.39, 0.29) is 23.3 Å².